The van der Waals surface area contributed by atoms with Crippen LogP contribution in [0.3, 0.4) is 0 Å². The second kappa shape index (κ2) is 12.0. The molecule has 0 bridgehead atoms. The molecule has 11 nitrogen and oxygen atoms in total. The van der Waals surface area contributed by atoms with Gasteiger partial charge in [0.15, 0.2) is 11.6 Å². The number of aromatic amines is 1. The number of carbonyl (C=O) groups excluding carboxylic acids is 2. The highest BCUT2D eigenvalue weighted by atomic mass is 35.5. The third-order valence-electron chi connectivity index (χ3n) is 6.39. The molecule has 228 valence electrons. The summed E-state index contributed by atoms with van der Waals surface area (Å²) < 4.78 is 67.9. The van der Waals surface area contributed by atoms with Gasteiger partial charge < -0.3 is 14.8 Å². The van der Waals surface area contributed by atoms with E-state index < -0.39 is 40.9 Å². The minimum Gasteiger partial charge on any atom is -0.482 e. The fourth-order valence-electron chi connectivity index (χ4n) is 4.45. The lowest BCUT2D eigenvalue weighted by atomic mass is 10.00. The second-order valence-corrected chi connectivity index (χ2v) is 9.99. The number of alkyl halides is 3. The van der Waals surface area contributed by atoms with Crippen molar-refractivity contribution in [1.29, 1.82) is 0 Å². The number of hydrogen-bond acceptors (Lipinski definition) is 7. The molecule has 0 aliphatic rings. The summed E-state index contributed by atoms with van der Waals surface area (Å²) in [6, 6.07) is 8.49. The number of amides is 1. The first kappa shape index (κ1) is 30.6. The average molecular weight is 653 g/mol. The topological polar surface area (TPSA) is 133 Å². The predicted molar refractivity (Wildman–Crippen MR) is 150 cm³/mol. The van der Waals surface area contributed by atoms with Crippen molar-refractivity contribution in [3.63, 3.8) is 0 Å². The number of rotatable bonds is 9. The molecular formula is C27H18Cl2F4N6O5. The van der Waals surface area contributed by atoms with Crippen LogP contribution in [-0.2, 0) is 34.2 Å². The Morgan fingerprint density at radius 3 is 2.41 bits per heavy atom. The number of halogens is 6. The number of H-pyrrole nitrogens is 1. The summed E-state index contributed by atoms with van der Waals surface area (Å²) in [6.07, 6.45) is -5.70. The van der Waals surface area contributed by atoms with Gasteiger partial charge in [0.1, 0.15) is 18.8 Å². The Hall–Kier alpha value is -4.89. The maximum absolute atomic E-state index is 14.2. The van der Waals surface area contributed by atoms with Crippen LogP contribution in [0.15, 0.2) is 59.7 Å². The van der Waals surface area contributed by atoms with Crippen LogP contribution in [-0.4, -0.2) is 36.7 Å². The largest absolute Gasteiger partial charge is 0.482 e. The van der Waals surface area contributed by atoms with E-state index in [-0.39, 0.29) is 51.2 Å². The number of anilines is 1. The smallest absolute Gasteiger partial charge is 0.416 e. The molecule has 0 aliphatic carbocycles. The van der Waals surface area contributed by atoms with Crippen LogP contribution in [0.25, 0.3) is 22.2 Å². The van der Waals surface area contributed by atoms with E-state index in [2.05, 4.69) is 20.5 Å². The molecule has 1 atom stereocenters. The number of aromatic nitrogens is 5. The summed E-state index contributed by atoms with van der Waals surface area (Å²) in [4.78, 5) is 41.9. The molecule has 0 spiro atoms. The lowest BCUT2D eigenvalue weighted by molar-refractivity contribution is -0.148. The molecule has 17 heteroatoms. The number of carbonyl (C=O) groups is 2. The monoisotopic (exact) mass is 652 g/mol. The van der Waals surface area contributed by atoms with Crippen LogP contribution in [0, 0.1) is 5.82 Å². The Morgan fingerprint density at radius 1 is 1.14 bits per heavy atom. The Kier molecular flexibility index (Phi) is 8.34. The van der Waals surface area contributed by atoms with Gasteiger partial charge in [-0.15, -0.1) is 0 Å². The van der Waals surface area contributed by atoms with Crippen molar-refractivity contribution in [2.45, 2.75) is 19.0 Å². The van der Waals surface area contributed by atoms with E-state index in [9.17, 15) is 31.9 Å². The molecule has 0 saturated heterocycles. The van der Waals surface area contributed by atoms with Gasteiger partial charge in [-0.25, -0.2) is 18.7 Å². The number of ether oxygens (including phenoxy) is 2. The summed E-state index contributed by atoms with van der Waals surface area (Å²) in [5.41, 5.74) is -2.66. The summed E-state index contributed by atoms with van der Waals surface area (Å²) >= 11 is 12.8. The molecule has 2 N–H and O–H groups in total. The normalized spacial score (nSPS) is 12.2. The number of nitrogens with one attached hydrogen (secondary N) is 2. The van der Waals surface area contributed by atoms with Gasteiger partial charge in [-0.1, -0.05) is 23.2 Å². The Morgan fingerprint density at radius 2 is 1.82 bits per heavy atom. The highest BCUT2D eigenvalue weighted by molar-refractivity contribution is 6.37. The summed E-state index contributed by atoms with van der Waals surface area (Å²) in [5, 5.41) is 8.50. The summed E-state index contributed by atoms with van der Waals surface area (Å²) in [7, 11) is 1.26. The molecule has 1 amide bonds. The molecule has 1 unspecified atom stereocenters. The fraction of sp³-hybridized carbons (Fsp3) is 0.148. The van der Waals surface area contributed by atoms with Crippen molar-refractivity contribution in [1.82, 2.24) is 24.3 Å². The first-order valence-corrected chi connectivity index (χ1v) is 13.1. The van der Waals surface area contributed by atoms with Gasteiger partial charge in [-0.3, -0.25) is 19.3 Å². The average Bonchev–Trinajstić information content (AvgIpc) is 3.58. The van der Waals surface area contributed by atoms with E-state index in [1.807, 2.05) is 0 Å². The molecule has 2 heterocycles. The first-order valence-electron chi connectivity index (χ1n) is 12.3. The van der Waals surface area contributed by atoms with Crippen molar-refractivity contribution in [3.05, 3.63) is 92.6 Å². The molecule has 0 radical (unpaired) electrons. The molecular weight excluding hydrogens is 635 g/mol. The standard InChI is InChI=1S/C27H18Cl2F4N6O5/c1-38-22-17(13-6-18(28)23(19(29)7-13)43-10-21-34-11-35-37-21)8-14(27(31,32)33)9-20(22)39(26(38)42)25(44-12-40)24(41)36-16-4-2-15(30)3-5-16/h2-9,11-12,25H,10H2,1H3,(H,36,41)(H,34,35,37). The number of imidazole rings is 1. The first-order chi connectivity index (χ1) is 20.9. The van der Waals surface area contributed by atoms with Gasteiger partial charge in [-0.05, 0) is 54.1 Å². The number of hydrogen-bond donors (Lipinski definition) is 2. The van der Waals surface area contributed by atoms with E-state index in [0.29, 0.717) is 16.5 Å². The molecule has 3 aromatic carbocycles. The zero-order valence-corrected chi connectivity index (χ0v) is 23.7. The Balaban J connectivity index is 1.66. The van der Waals surface area contributed by atoms with Crippen molar-refractivity contribution < 1.29 is 36.6 Å². The third kappa shape index (κ3) is 5.96. The maximum atomic E-state index is 14.2. The van der Waals surface area contributed by atoms with Crippen LogP contribution < -0.4 is 15.7 Å². The van der Waals surface area contributed by atoms with E-state index in [1.54, 1.807) is 0 Å². The van der Waals surface area contributed by atoms with Crippen molar-refractivity contribution in [2.75, 3.05) is 5.32 Å². The molecule has 0 aliphatic heterocycles. The minimum absolute atomic E-state index is 0.0140. The van der Waals surface area contributed by atoms with E-state index in [4.69, 9.17) is 32.7 Å². The number of fused-ring (bicyclic) bond motifs is 1. The quantitative estimate of drug-likeness (QED) is 0.159. The SMILES string of the molecule is Cn1c(=O)n(C(OC=O)C(=O)Nc2ccc(F)cc2)c2cc(C(F)(F)F)cc(-c3cc(Cl)c(OCc4ncn[nH]4)c(Cl)c3)c21. The molecule has 0 fully saturated rings. The van der Waals surface area contributed by atoms with Crippen molar-refractivity contribution in [2.24, 2.45) is 7.05 Å². The zero-order chi connectivity index (χ0) is 31.8. The molecule has 44 heavy (non-hydrogen) atoms. The lowest BCUT2D eigenvalue weighted by Crippen LogP contribution is -2.35. The van der Waals surface area contributed by atoms with Crippen molar-refractivity contribution >= 4 is 52.3 Å². The van der Waals surface area contributed by atoms with Gasteiger partial charge in [0.2, 0.25) is 0 Å². The number of aryl methyl sites for hydroxylation is 1. The zero-order valence-electron chi connectivity index (χ0n) is 22.2. The van der Waals surface area contributed by atoms with Crippen LogP contribution in [0.2, 0.25) is 10.0 Å². The number of nitrogens with zero attached hydrogens (tertiary/aromatic N) is 4. The van der Waals surface area contributed by atoms with Crippen LogP contribution in [0.4, 0.5) is 23.2 Å². The van der Waals surface area contributed by atoms with Gasteiger partial charge in [0, 0.05) is 18.3 Å². The van der Waals surface area contributed by atoms with E-state index in [1.165, 1.54) is 37.6 Å². The Bertz CT molecular complexity index is 1900. The fourth-order valence-corrected chi connectivity index (χ4v) is 5.05. The number of benzene rings is 3. The maximum Gasteiger partial charge on any atom is 0.416 e. The summed E-state index contributed by atoms with van der Waals surface area (Å²) in [6.45, 7) is -0.228. The van der Waals surface area contributed by atoms with Gasteiger partial charge >= 0.3 is 11.9 Å². The van der Waals surface area contributed by atoms with Gasteiger partial charge in [0.25, 0.3) is 18.6 Å². The highest BCUT2D eigenvalue weighted by Crippen LogP contribution is 2.42. The highest BCUT2D eigenvalue weighted by Gasteiger charge is 2.35. The molecule has 0 saturated carbocycles. The van der Waals surface area contributed by atoms with E-state index >= 15 is 0 Å². The third-order valence-corrected chi connectivity index (χ3v) is 6.95. The van der Waals surface area contributed by atoms with E-state index in [0.717, 1.165) is 22.8 Å². The molecule has 5 rings (SSSR count). The second-order valence-electron chi connectivity index (χ2n) is 9.17. The molecule has 5 aromatic rings. The predicted octanol–water partition coefficient (Wildman–Crippen LogP) is 5.48. The van der Waals surface area contributed by atoms with Crippen LogP contribution in [0.1, 0.15) is 17.6 Å². The van der Waals surface area contributed by atoms with Crippen molar-refractivity contribution in [3.8, 4) is 16.9 Å². The Labute approximate surface area is 253 Å². The lowest BCUT2D eigenvalue weighted by Gasteiger charge is -2.18. The van der Waals surface area contributed by atoms with Gasteiger partial charge in [-0.2, -0.15) is 18.3 Å². The van der Waals surface area contributed by atoms with Crippen LogP contribution in [0.5, 0.6) is 5.75 Å². The minimum atomic E-state index is -4.91. The summed E-state index contributed by atoms with van der Waals surface area (Å²) in [5.74, 6) is -1.33. The molecule has 2 aromatic heterocycles. The van der Waals surface area contributed by atoms with Crippen LogP contribution >= 0.6 is 23.2 Å². The van der Waals surface area contributed by atoms with Gasteiger partial charge in [0.05, 0.1) is 26.6 Å².